The molecule has 9 heteroatoms. The standard InChI is InChI=1S/C9H16N2O6S/c1-2-17-8(14)11-18(15,16)10-6-9(7(12)13)4-3-5-9/h10H,2-6H2,1H3,(H,11,14)(H,12,13). The average Bonchev–Trinajstić information content (AvgIpc) is 2.14. The molecule has 104 valence electrons. The minimum absolute atomic E-state index is 0.0421. The van der Waals surface area contributed by atoms with E-state index in [1.807, 2.05) is 0 Å². The fourth-order valence-electron chi connectivity index (χ4n) is 1.61. The molecule has 1 aliphatic rings. The van der Waals surface area contributed by atoms with Crippen LogP contribution in [0.15, 0.2) is 0 Å². The zero-order valence-corrected chi connectivity index (χ0v) is 10.7. The van der Waals surface area contributed by atoms with Gasteiger partial charge in [-0.15, -0.1) is 0 Å². The summed E-state index contributed by atoms with van der Waals surface area (Å²) >= 11 is 0. The van der Waals surface area contributed by atoms with Gasteiger partial charge in [0.15, 0.2) is 0 Å². The predicted octanol–water partition coefficient (Wildman–Crippen LogP) is -0.178. The van der Waals surface area contributed by atoms with Crippen LogP contribution in [0.1, 0.15) is 26.2 Å². The monoisotopic (exact) mass is 280 g/mol. The molecular weight excluding hydrogens is 264 g/mol. The molecule has 3 N–H and O–H groups in total. The SMILES string of the molecule is CCOC(=O)NS(=O)(=O)NCC1(C(=O)O)CCC1. The summed E-state index contributed by atoms with van der Waals surface area (Å²) in [4.78, 5) is 21.9. The van der Waals surface area contributed by atoms with Crippen molar-refractivity contribution in [2.45, 2.75) is 26.2 Å². The predicted molar refractivity (Wildman–Crippen MR) is 61.0 cm³/mol. The molecule has 0 aliphatic heterocycles. The van der Waals surface area contributed by atoms with E-state index in [4.69, 9.17) is 5.11 Å². The van der Waals surface area contributed by atoms with Gasteiger partial charge >= 0.3 is 22.3 Å². The van der Waals surface area contributed by atoms with E-state index < -0.39 is 27.7 Å². The first-order chi connectivity index (χ1) is 8.31. The van der Waals surface area contributed by atoms with Gasteiger partial charge < -0.3 is 9.84 Å². The van der Waals surface area contributed by atoms with E-state index in [1.54, 1.807) is 4.72 Å². The van der Waals surface area contributed by atoms with Gasteiger partial charge in [-0.25, -0.2) is 9.52 Å². The Balaban J connectivity index is 2.51. The van der Waals surface area contributed by atoms with Crippen LogP contribution in [0.25, 0.3) is 0 Å². The van der Waals surface area contributed by atoms with Crippen LogP contribution in [0.4, 0.5) is 4.79 Å². The number of ether oxygens (including phenoxy) is 1. The van der Waals surface area contributed by atoms with Crippen molar-refractivity contribution >= 4 is 22.3 Å². The van der Waals surface area contributed by atoms with Crippen LogP contribution in [0.3, 0.4) is 0 Å². The number of nitrogens with one attached hydrogen (secondary N) is 2. The van der Waals surface area contributed by atoms with E-state index in [0.29, 0.717) is 12.8 Å². The molecule has 0 spiro atoms. The highest BCUT2D eigenvalue weighted by Crippen LogP contribution is 2.40. The highest BCUT2D eigenvalue weighted by Gasteiger charge is 2.45. The molecule has 8 nitrogen and oxygen atoms in total. The maximum Gasteiger partial charge on any atom is 0.421 e. The number of hydrogen-bond donors (Lipinski definition) is 3. The van der Waals surface area contributed by atoms with Crippen LogP contribution in [0, 0.1) is 5.41 Å². The van der Waals surface area contributed by atoms with Crippen molar-refractivity contribution < 1.29 is 27.9 Å². The lowest BCUT2D eigenvalue weighted by atomic mass is 9.69. The number of aliphatic carboxylic acids is 1. The number of carboxylic acids is 1. The first-order valence-corrected chi connectivity index (χ1v) is 6.97. The second kappa shape index (κ2) is 5.53. The molecule has 1 saturated carbocycles. The van der Waals surface area contributed by atoms with Gasteiger partial charge in [-0.05, 0) is 19.8 Å². The van der Waals surface area contributed by atoms with Crippen molar-refractivity contribution in [3.63, 3.8) is 0 Å². The normalized spacial score (nSPS) is 17.6. The lowest BCUT2D eigenvalue weighted by Crippen LogP contribution is -2.50. The first kappa shape index (κ1) is 14.7. The molecule has 0 aromatic carbocycles. The molecule has 18 heavy (non-hydrogen) atoms. The molecule has 0 atom stereocenters. The highest BCUT2D eigenvalue weighted by atomic mass is 32.2. The van der Waals surface area contributed by atoms with E-state index in [9.17, 15) is 18.0 Å². The molecule has 0 saturated heterocycles. The Hall–Kier alpha value is -1.35. The Morgan fingerprint density at radius 1 is 1.39 bits per heavy atom. The lowest BCUT2D eigenvalue weighted by molar-refractivity contribution is -0.153. The summed E-state index contributed by atoms with van der Waals surface area (Å²) in [6, 6.07) is 0. The minimum Gasteiger partial charge on any atom is -0.481 e. The summed E-state index contributed by atoms with van der Waals surface area (Å²) in [6.07, 6.45) is 0.497. The second-order valence-electron chi connectivity index (χ2n) is 4.09. The molecule has 1 aliphatic carbocycles. The zero-order chi connectivity index (χ0) is 13.8. The summed E-state index contributed by atoms with van der Waals surface area (Å²) in [5, 5.41) is 9.00. The maximum atomic E-state index is 11.4. The van der Waals surface area contributed by atoms with Gasteiger partial charge in [-0.1, -0.05) is 6.42 Å². The number of carboxylic acid groups (broad SMARTS) is 1. The summed E-state index contributed by atoms with van der Waals surface area (Å²) in [7, 11) is -4.08. The smallest absolute Gasteiger partial charge is 0.421 e. The Bertz CT molecular complexity index is 428. The number of carbonyl (C=O) groups excluding carboxylic acids is 1. The van der Waals surface area contributed by atoms with E-state index in [2.05, 4.69) is 9.46 Å². The Morgan fingerprint density at radius 3 is 2.39 bits per heavy atom. The number of rotatable bonds is 6. The van der Waals surface area contributed by atoms with Gasteiger partial charge in [0.05, 0.1) is 12.0 Å². The molecule has 0 aromatic heterocycles. The Labute approximate surface area is 105 Å². The fraction of sp³-hybridized carbons (Fsp3) is 0.778. The van der Waals surface area contributed by atoms with Gasteiger partial charge in [-0.2, -0.15) is 13.1 Å². The summed E-state index contributed by atoms with van der Waals surface area (Å²) in [5.41, 5.74) is -1.05. The van der Waals surface area contributed by atoms with Gasteiger partial charge in [0.25, 0.3) is 0 Å². The van der Waals surface area contributed by atoms with Crippen molar-refractivity contribution in [3.05, 3.63) is 0 Å². The Morgan fingerprint density at radius 2 is 2.00 bits per heavy atom. The minimum atomic E-state index is -4.08. The average molecular weight is 280 g/mol. The first-order valence-electron chi connectivity index (χ1n) is 5.49. The summed E-state index contributed by atoms with van der Waals surface area (Å²) in [6.45, 7) is 1.34. The molecule has 1 rings (SSSR count). The molecule has 1 amide bonds. The molecule has 0 heterocycles. The third-order valence-electron chi connectivity index (χ3n) is 2.86. The number of hydrogen-bond acceptors (Lipinski definition) is 5. The van der Waals surface area contributed by atoms with Crippen molar-refractivity contribution in [2.24, 2.45) is 5.41 Å². The van der Waals surface area contributed by atoms with Crippen LogP contribution in [-0.2, 0) is 19.7 Å². The molecule has 0 unspecified atom stereocenters. The van der Waals surface area contributed by atoms with Crippen molar-refractivity contribution in [1.82, 2.24) is 9.44 Å². The summed E-state index contributed by atoms with van der Waals surface area (Å²) < 4.78 is 30.9. The fourth-order valence-corrected chi connectivity index (χ4v) is 2.43. The van der Waals surface area contributed by atoms with Crippen LogP contribution >= 0.6 is 0 Å². The highest BCUT2D eigenvalue weighted by molar-refractivity contribution is 7.88. The third kappa shape index (κ3) is 3.57. The van der Waals surface area contributed by atoms with E-state index in [1.165, 1.54) is 6.92 Å². The molecule has 1 fully saturated rings. The van der Waals surface area contributed by atoms with Crippen molar-refractivity contribution in [2.75, 3.05) is 13.2 Å². The maximum absolute atomic E-state index is 11.4. The Kier molecular flexibility index (Phi) is 4.52. The largest absolute Gasteiger partial charge is 0.481 e. The topological polar surface area (TPSA) is 122 Å². The van der Waals surface area contributed by atoms with Gasteiger partial charge in [0.2, 0.25) is 0 Å². The van der Waals surface area contributed by atoms with E-state index >= 15 is 0 Å². The van der Waals surface area contributed by atoms with Crippen LogP contribution in [0.2, 0.25) is 0 Å². The van der Waals surface area contributed by atoms with Crippen molar-refractivity contribution in [3.8, 4) is 0 Å². The van der Waals surface area contributed by atoms with Crippen molar-refractivity contribution in [1.29, 1.82) is 0 Å². The zero-order valence-electron chi connectivity index (χ0n) is 9.93. The number of carbonyl (C=O) groups is 2. The van der Waals surface area contributed by atoms with E-state index in [0.717, 1.165) is 6.42 Å². The quantitative estimate of drug-likeness (QED) is 0.620. The molecule has 0 bridgehead atoms. The molecule has 0 radical (unpaired) electrons. The van der Waals surface area contributed by atoms with Crippen LogP contribution in [-0.4, -0.2) is 38.7 Å². The second-order valence-corrected chi connectivity index (χ2v) is 5.59. The third-order valence-corrected chi connectivity index (χ3v) is 3.82. The summed E-state index contributed by atoms with van der Waals surface area (Å²) in [5.74, 6) is -1.03. The lowest BCUT2D eigenvalue weighted by Gasteiger charge is -2.37. The molecular formula is C9H16N2O6S. The molecule has 0 aromatic rings. The number of amides is 1. The van der Waals surface area contributed by atoms with E-state index in [-0.39, 0.29) is 13.2 Å². The van der Waals surface area contributed by atoms with Gasteiger partial charge in [0.1, 0.15) is 0 Å². The van der Waals surface area contributed by atoms with Crippen LogP contribution in [0.5, 0.6) is 0 Å². The van der Waals surface area contributed by atoms with Gasteiger partial charge in [0, 0.05) is 6.54 Å². The van der Waals surface area contributed by atoms with Crippen LogP contribution < -0.4 is 9.44 Å². The van der Waals surface area contributed by atoms with Gasteiger partial charge in [-0.3, -0.25) is 4.79 Å².